The van der Waals surface area contributed by atoms with Crippen LogP contribution in [0.5, 0.6) is 5.75 Å². The number of anilines is 1. The molecular formula is C22H28ClN5O2. The van der Waals surface area contributed by atoms with E-state index < -0.39 is 0 Å². The first-order chi connectivity index (χ1) is 14.5. The van der Waals surface area contributed by atoms with Crippen LogP contribution in [0.2, 0.25) is 5.02 Å². The molecule has 2 aromatic carbocycles. The summed E-state index contributed by atoms with van der Waals surface area (Å²) in [5.74, 6) is 1.48. The topological polar surface area (TPSA) is 78.0 Å². The summed E-state index contributed by atoms with van der Waals surface area (Å²) in [5, 5.41) is 10.1. The van der Waals surface area contributed by atoms with E-state index >= 15 is 0 Å². The molecule has 0 radical (unpaired) electrons. The summed E-state index contributed by atoms with van der Waals surface area (Å²) in [6, 6.07) is 13.4. The smallest absolute Gasteiger partial charge is 0.251 e. The predicted molar refractivity (Wildman–Crippen MR) is 122 cm³/mol. The summed E-state index contributed by atoms with van der Waals surface area (Å²) in [5.41, 5.74) is 2.72. The van der Waals surface area contributed by atoms with Crippen LogP contribution in [0.4, 0.5) is 5.69 Å². The van der Waals surface area contributed by atoms with Crippen LogP contribution in [0.3, 0.4) is 0 Å². The third-order valence-corrected chi connectivity index (χ3v) is 5.37. The zero-order chi connectivity index (χ0) is 21.5. The molecule has 1 aliphatic heterocycles. The SMILES string of the molecule is CN=C(NCc1ccc(C(=O)NC)cc1)NC1CCN(c2cc(Cl)ccc2OC)C1. The first-order valence-corrected chi connectivity index (χ1v) is 10.3. The van der Waals surface area contributed by atoms with Gasteiger partial charge in [-0.1, -0.05) is 23.7 Å². The summed E-state index contributed by atoms with van der Waals surface area (Å²) < 4.78 is 5.49. The van der Waals surface area contributed by atoms with Crippen molar-refractivity contribution >= 4 is 29.2 Å². The highest BCUT2D eigenvalue weighted by atomic mass is 35.5. The van der Waals surface area contributed by atoms with Crippen molar-refractivity contribution in [3.05, 3.63) is 58.6 Å². The van der Waals surface area contributed by atoms with E-state index in [9.17, 15) is 4.79 Å². The number of aliphatic imine (C=N–C) groups is 1. The van der Waals surface area contributed by atoms with Crippen molar-refractivity contribution in [1.29, 1.82) is 0 Å². The first-order valence-electron chi connectivity index (χ1n) is 9.90. The highest BCUT2D eigenvalue weighted by Gasteiger charge is 2.25. The molecule has 1 saturated heterocycles. The molecule has 3 rings (SSSR count). The molecule has 1 heterocycles. The van der Waals surface area contributed by atoms with Gasteiger partial charge in [0.15, 0.2) is 5.96 Å². The molecule has 0 saturated carbocycles. The number of nitrogens with zero attached hydrogens (tertiary/aromatic N) is 2. The molecule has 3 N–H and O–H groups in total. The van der Waals surface area contributed by atoms with Crippen LogP contribution in [-0.2, 0) is 6.54 Å². The van der Waals surface area contributed by atoms with E-state index in [2.05, 4.69) is 25.8 Å². The number of guanidine groups is 1. The molecule has 1 aliphatic rings. The third kappa shape index (κ3) is 5.36. The Morgan fingerprint density at radius 2 is 2.03 bits per heavy atom. The Labute approximate surface area is 182 Å². The van der Waals surface area contributed by atoms with Gasteiger partial charge in [0.05, 0.1) is 12.8 Å². The fourth-order valence-electron chi connectivity index (χ4n) is 3.50. The molecule has 1 atom stereocenters. The minimum absolute atomic E-state index is 0.0888. The maximum atomic E-state index is 11.6. The van der Waals surface area contributed by atoms with E-state index in [1.165, 1.54) is 0 Å². The number of carbonyl (C=O) groups excluding carboxylic acids is 1. The van der Waals surface area contributed by atoms with Crippen LogP contribution in [0.1, 0.15) is 22.3 Å². The molecule has 0 aromatic heterocycles. The summed E-state index contributed by atoms with van der Waals surface area (Å²) in [6.07, 6.45) is 0.983. The van der Waals surface area contributed by atoms with Gasteiger partial charge in [-0.05, 0) is 42.3 Å². The van der Waals surface area contributed by atoms with Gasteiger partial charge >= 0.3 is 0 Å². The number of amides is 1. The lowest BCUT2D eigenvalue weighted by Gasteiger charge is -2.22. The van der Waals surface area contributed by atoms with Gasteiger partial charge in [-0.25, -0.2) is 0 Å². The summed E-state index contributed by atoms with van der Waals surface area (Å²) >= 11 is 6.18. The Kier molecular flexibility index (Phi) is 7.41. The van der Waals surface area contributed by atoms with Gasteiger partial charge < -0.3 is 25.6 Å². The zero-order valence-corrected chi connectivity index (χ0v) is 18.3. The van der Waals surface area contributed by atoms with Crippen molar-refractivity contribution in [2.45, 2.75) is 19.0 Å². The number of nitrogens with one attached hydrogen (secondary N) is 3. The molecule has 1 unspecified atom stereocenters. The lowest BCUT2D eigenvalue weighted by atomic mass is 10.1. The maximum Gasteiger partial charge on any atom is 0.251 e. The standard InChI is InChI=1S/C22H28ClN5O2/c1-24-21(29)16-6-4-15(5-7-16)13-26-22(25-2)27-18-10-11-28(14-18)19-12-17(23)8-9-20(19)30-3/h4-9,12,18H,10-11,13-14H2,1-3H3,(H,24,29)(H2,25,26,27). The first kappa shape index (κ1) is 21.8. The maximum absolute atomic E-state index is 11.6. The molecule has 160 valence electrons. The Balaban J connectivity index is 1.54. The molecule has 0 bridgehead atoms. The molecular weight excluding hydrogens is 402 g/mol. The lowest BCUT2D eigenvalue weighted by Crippen LogP contribution is -2.44. The quantitative estimate of drug-likeness (QED) is 0.486. The van der Waals surface area contributed by atoms with Crippen molar-refractivity contribution in [1.82, 2.24) is 16.0 Å². The van der Waals surface area contributed by atoms with Crippen LogP contribution >= 0.6 is 11.6 Å². The largest absolute Gasteiger partial charge is 0.495 e. The van der Waals surface area contributed by atoms with E-state index in [1.807, 2.05) is 42.5 Å². The zero-order valence-electron chi connectivity index (χ0n) is 17.5. The summed E-state index contributed by atoms with van der Waals surface area (Å²) in [4.78, 5) is 18.3. The van der Waals surface area contributed by atoms with Gasteiger partial charge in [0.25, 0.3) is 5.91 Å². The Hall–Kier alpha value is -2.93. The lowest BCUT2D eigenvalue weighted by molar-refractivity contribution is 0.0963. The van der Waals surface area contributed by atoms with Crippen LogP contribution in [0.25, 0.3) is 0 Å². The van der Waals surface area contributed by atoms with Crippen molar-refractivity contribution in [3.63, 3.8) is 0 Å². The van der Waals surface area contributed by atoms with E-state index in [-0.39, 0.29) is 11.9 Å². The van der Waals surface area contributed by atoms with E-state index in [4.69, 9.17) is 16.3 Å². The average Bonchev–Trinajstić information content (AvgIpc) is 3.24. The van der Waals surface area contributed by atoms with Crippen LogP contribution < -0.4 is 25.6 Å². The molecule has 7 nitrogen and oxygen atoms in total. The third-order valence-electron chi connectivity index (χ3n) is 5.14. The van der Waals surface area contributed by atoms with Gasteiger partial charge in [-0.15, -0.1) is 0 Å². The monoisotopic (exact) mass is 429 g/mol. The summed E-state index contributed by atoms with van der Waals surface area (Å²) in [7, 11) is 5.06. The van der Waals surface area contributed by atoms with Crippen LogP contribution in [0, 0.1) is 0 Å². The van der Waals surface area contributed by atoms with Crippen molar-refractivity contribution < 1.29 is 9.53 Å². The van der Waals surface area contributed by atoms with Crippen molar-refractivity contribution in [2.75, 3.05) is 39.2 Å². The molecule has 0 aliphatic carbocycles. The van der Waals surface area contributed by atoms with Gasteiger partial charge in [0.1, 0.15) is 5.75 Å². The molecule has 1 fully saturated rings. The van der Waals surface area contributed by atoms with E-state index in [1.54, 1.807) is 21.2 Å². The predicted octanol–water partition coefficient (Wildman–Crippen LogP) is 2.65. The number of ether oxygens (including phenoxy) is 1. The number of benzene rings is 2. The Morgan fingerprint density at radius 3 is 2.70 bits per heavy atom. The van der Waals surface area contributed by atoms with Crippen molar-refractivity contribution in [3.8, 4) is 5.75 Å². The number of carbonyl (C=O) groups is 1. The van der Waals surface area contributed by atoms with Crippen molar-refractivity contribution in [2.24, 2.45) is 4.99 Å². The summed E-state index contributed by atoms with van der Waals surface area (Å²) in [6.45, 7) is 2.36. The van der Waals surface area contributed by atoms with Gasteiger partial charge in [0.2, 0.25) is 0 Å². The van der Waals surface area contributed by atoms with Gasteiger partial charge in [-0.2, -0.15) is 0 Å². The van der Waals surface area contributed by atoms with Gasteiger partial charge in [0, 0.05) is 50.4 Å². The van der Waals surface area contributed by atoms with Gasteiger partial charge in [-0.3, -0.25) is 9.79 Å². The molecule has 30 heavy (non-hydrogen) atoms. The highest BCUT2D eigenvalue weighted by molar-refractivity contribution is 6.30. The number of rotatable bonds is 6. The molecule has 0 spiro atoms. The average molecular weight is 430 g/mol. The second-order valence-corrected chi connectivity index (χ2v) is 7.53. The van der Waals surface area contributed by atoms with Crippen LogP contribution in [0.15, 0.2) is 47.5 Å². The molecule has 2 aromatic rings. The second-order valence-electron chi connectivity index (χ2n) is 7.09. The number of methoxy groups -OCH3 is 1. The van der Waals surface area contributed by atoms with Crippen LogP contribution in [-0.4, -0.2) is 52.2 Å². The highest BCUT2D eigenvalue weighted by Crippen LogP contribution is 2.33. The fraction of sp³-hybridized carbons (Fsp3) is 0.364. The Bertz CT molecular complexity index is 901. The fourth-order valence-corrected chi connectivity index (χ4v) is 3.67. The minimum Gasteiger partial charge on any atom is -0.495 e. The minimum atomic E-state index is -0.0888. The number of hydrogen-bond donors (Lipinski definition) is 3. The number of halogens is 1. The second kappa shape index (κ2) is 10.2. The Morgan fingerprint density at radius 1 is 1.27 bits per heavy atom. The molecule has 8 heteroatoms. The van der Waals surface area contributed by atoms with E-state index in [0.717, 1.165) is 42.5 Å². The normalized spacial score (nSPS) is 16.3. The molecule has 1 amide bonds. The number of hydrogen-bond acceptors (Lipinski definition) is 4. The van der Waals surface area contributed by atoms with E-state index in [0.29, 0.717) is 17.1 Å².